The summed E-state index contributed by atoms with van der Waals surface area (Å²) in [4.78, 5) is 98.3. The van der Waals surface area contributed by atoms with E-state index in [9.17, 15) is 33.6 Å². The second-order valence-electron chi connectivity index (χ2n) is 18.8. The number of nitrogens with zero attached hydrogens (tertiary/aromatic N) is 2. The number of likely N-dealkylation sites (tertiary alicyclic amines) is 2. The van der Waals surface area contributed by atoms with Crippen LogP contribution >= 0.6 is 0 Å². The lowest BCUT2D eigenvalue weighted by atomic mass is 9.80. The fourth-order valence-electron chi connectivity index (χ4n) is 9.02. The van der Waals surface area contributed by atoms with Crippen LogP contribution in [0.3, 0.4) is 0 Å². The summed E-state index contributed by atoms with van der Waals surface area (Å²) in [5.41, 5.74) is 0.938. The van der Waals surface area contributed by atoms with E-state index in [4.69, 9.17) is 0 Å². The number of ketones is 1. The molecule has 1 unspecified atom stereocenters. The lowest BCUT2D eigenvalue weighted by Gasteiger charge is -2.40. The summed E-state index contributed by atoms with van der Waals surface area (Å²) in [6.45, 7) is 19.6. The van der Waals surface area contributed by atoms with Crippen LogP contribution in [0.1, 0.15) is 98.6 Å². The number of piperidine rings is 2. The number of rotatable bonds is 15. The average molecular weight is 775 g/mol. The Kier molecular flexibility index (Phi) is 12.6. The lowest BCUT2D eigenvalue weighted by Crippen LogP contribution is -2.62. The minimum atomic E-state index is -1.06. The first kappa shape index (κ1) is 42.6. The number of hydrogen-bond donors (Lipinski definition) is 4. The molecule has 0 radical (unpaired) electrons. The van der Waals surface area contributed by atoms with Crippen molar-refractivity contribution in [2.24, 2.45) is 34.0 Å². The van der Waals surface area contributed by atoms with E-state index < -0.39 is 64.5 Å². The van der Waals surface area contributed by atoms with Crippen LogP contribution < -0.4 is 21.3 Å². The zero-order valence-electron chi connectivity index (χ0n) is 34.5. The predicted octanol–water partition coefficient (Wildman–Crippen LogP) is 3.69. The van der Waals surface area contributed by atoms with Gasteiger partial charge in [0.2, 0.25) is 29.4 Å². The molecule has 2 aliphatic heterocycles. The van der Waals surface area contributed by atoms with E-state index in [1.54, 1.807) is 4.90 Å². The van der Waals surface area contributed by atoms with Crippen molar-refractivity contribution in [3.63, 3.8) is 0 Å². The van der Waals surface area contributed by atoms with Crippen LogP contribution in [0.25, 0.3) is 0 Å². The Morgan fingerprint density at radius 1 is 0.946 bits per heavy atom. The van der Waals surface area contributed by atoms with Gasteiger partial charge in [-0.2, -0.15) is 0 Å². The van der Waals surface area contributed by atoms with Crippen molar-refractivity contribution in [2.45, 2.75) is 125 Å². The molecule has 2 aliphatic carbocycles. The summed E-state index contributed by atoms with van der Waals surface area (Å²) in [6.07, 6.45) is 4.62. The van der Waals surface area contributed by atoms with E-state index in [-0.39, 0.29) is 67.3 Å². The second kappa shape index (κ2) is 16.5. The number of urea groups is 1. The number of unbranched alkanes of at least 4 members (excludes halogenated alkanes) is 1. The summed E-state index contributed by atoms with van der Waals surface area (Å²) in [6, 6.07) is 3.70. The SMILES string of the molecule is C=CCNC(=O)C(=O)C(CCCC)NC(=O)[C@@H]1[C@@H]2[C@H](CN1C(=O)[C@@H](NC(=O)N[C@@H](CN1C(=O)CC(C)(C)CC1=O)C(C)(C)C)C1Cc3ccccc3C1)C2(C)C. The van der Waals surface area contributed by atoms with E-state index >= 15 is 0 Å². The number of carbonyl (C=O) groups is 7. The number of Topliss-reactive ketones (excluding diaryl/α,β-unsaturated/α-hetero) is 1. The minimum Gasteiger partial charge on any atom is -0.346 e. The Morgan fingerprint density at radius 2 is 1.55 bits per heavy atom. The third kappa shape index (κ3) is 9.18. The Balaban J connectivity index is 1.40. The van der Waals surface area contributed by atoms with Crippen LogP contribution in [0.4, 0.5) is 4.79 Å². The number of hydrogen-bond acceptors (Lipinski definition) is 7. The molecule has 5 rings (SSSR count). The van der Waals surface area contributed by atoms with Crippen LogP contribution in [0.15, 0.2) is 36.9 Å². The molecule has 6 atom stereocenters. The third-order valence-corrected chi connectivity index (χ3v) is 12.6. The quantitative estimate of drug-likeness (QED) is 0.120. The van der Waals surface area contributed by atoms with E-state index in [1.807, 2.05) is 65.8 Å². The molecule has 1 saturated carbocycles. The van der Waals surface area contributed by atoms with Gasteiger partial charge in [-0.15, -0.1) is 6.58 Å². The monoisotopic (exact) mass is 774 g/mol. The Bertz CT molecular complexity index is 1700. The Morgan fingerprint density at radius 3 is 2.11 bits per heavy atom. The fraction of sp³-hybridized carbons (Fsp3) is 0.651. The predicted molar refractivity (Wildman–Crippen MR) is 212 cm³/mol. The van der Waals surface area contributed by atoms with Gasteiger partial charge in [-0.1, -0.05) is 98.6 Å². The van der Waals surface area contributed by atoms with E-state index in [2.05, 4.69) is 41.7 Å². The fourth-order valence-corrected chi connectivity index (χ4v) is 9.02. The molecule has 0 spiro atoms. The number of fused-ring (bicyclic) bond motifs is 2. The maximum Gasteiger partial charge on any atom is 0.315 e. The van der Waals surface area contributed by atoms with Gasteiger partial charge in [0.1, 0.15) is 12.1 Å². The van der Waals surface area contributed by atoms with Crippen molar-refractivity contribution in [1.82, 2.24) is 31.1 Å². The van der Waals surface area contributed by atoms with Gasteiger partial charge in [0.25, 0.3) is 5.91 Å². The maximum atomic E-state index is 14.9. The van der Waals surface area contributed by atoms with Crippen molar-refractivity contribution in [3.8, 4) is 0 Å². The van der Waals surface area contributed by atoms with Crippen molar-refractivity contribution >= 4 is 41.4 Å². The topological polar surface area (TPSA) is 174 Å². The number of nitrogens with one attached hydrogen (secondary N) is 4. The van der Waals surface area contributed by atoms with Crippen LogP contribution in [-0.2, 0) is 41.6 Å². The second-order valence-corrected chi connectivity index (χ2v) is 18.8. The first-order valence-electron chi connectivity index (χ1n) is 20.2. The molecule has 4 N–H and O–H groups in total. The van der Waals surface area contributed by atoms with E-state index in [1.165, 1.54) is 11.0 Å². The lowest BCUT2D eigenvalue weighted by molar-refractivity contribution is -0.153. The molecule has 1 aromatic rings. The third-order valence-electron chi connectivity index (χ3n) is 12.6. The standard InChI is InChI=1S/C43H62N6O7/c1-10-12-17-29(36(52)38(54)44-18-11-2)45-37(53)35-33-28(43(33,8)9)23-49(35)39(55)34(27-19-25-15-13-14-16-26(25)20-27)47-40(56)46-30(41(3,4)5)24-48-31(50)21-42(6,7)22-32(48)51/h11,13-16,27-30,33-35H,2,10,12,17-24H2,1,3-9H3,(H,44,54)(H,45,53)(H2,46,47,56)/t28-,29?,30-,33-,34-,35-/m0/s1. The molecule has 0 bridgehead atoms. The normalized spacial score (nSPS) is 24.0. The molecule has 2 saturated heterocycles. The average Bonchev–Trinajstić information content (AvgIpc) is 3.47. The highest BCUT2D eigenvalue weighted by atomic mass is 16.2. The number of carbonyl (C=O) groups excluding carboxylic acids is 7. The Hall–Kier alpha value is -4.55. The molecule has 3 fully saturated rings. The van der Waals surface area contributed by atoms with Gasteiger partial charge in [0.05, 0.1) is 12.1 Å². The highest BCUT2D eigenvalue weighted by Crippen LogP contribution is 2.65. The summed E-state index contributed by atoms with van der Waals surface area (Å²) >= 11 is 0. The summed E-state index contributed by atoms with van der Waals surface area (Å²) in [7, 11) is 0. The van der Waals surface area contributed by atoms with Crippen molar-refractivity contribution in [1.29, 1.82) is 0 Å². The van der Waals surface area contributed by atoms with Crippen molar-refractivity contribution in [2.75, 3.05) is 19.6 Å². The minimum absolute atomic E-state index is 0.00546. The summed E-state index contributed by atoms with van der Waals surface area (Å²) in [5, 5.41) is 11.4. The molecule has 306 valence electrons. The highest BCUT2D eigenvalue weighted by Gasteiger charge is 2.70. The van der Waals surface area contributed by atoms with Crippen LogP contribution in [-0.4, -0.2) is 95.0 Å². The van der Waals surface area contributed by atoms with Crippen molar-refractivity contribution in [3.05, 3.63) is 48.0 Å². The summed E-state index contributed by atoms with van der Waals surface area (Å²) < 4.78 is 0. The van der Waals surface area contributed by atoms with Gasteiger partial charge >= 0.3 is 6.03 Å². The zero-order valence-corrected chi connectivity index (χ0v) is 34.5. The van der Waals surface area contributed by atoms with Crippen LogP contribution in [0, 0.1) is 34.0 Å². The molecule has 56 heavy (non-hydrogen) atoms. The first-order valence-corrected chi connectivity index (χ1v) is 20.2. The molecule has 7 amide bonds. The van der Waals surface area contributed by atoms with Crippen LogP contribution in [0.2, 0.25) is 0 Å². The molecular formula is C43H62N6O7. The molecule has 1 aromatic carbocycles. The number of benzene rings is 1. The number of amides is 7. The molecular weight excluding hydrogens is 713 g/mol. The van der Waals surface area contributed by atoms with E-state index in [0.29, 0.717) is 25.8 Å². The molecule has 2 heterocycles. The molecule has 13 nitrogen and oxygen atoms in total. The maximum absolute atomic E-state index is 14.9. The number of imide groups is 1. The molecule has 13 heteroatoms. The van der Waals surface area contributed by atoms with Gasteiger partial charge < -0.3 is 26.2 Å². The van der Waals surface area contributed by atoms with Crippen LogP contribution in [0.5, 0.6) is 0 Å². The van der Waals surface area contributed by atoms with Gasteiger partial charge in [0.15, 0.2) is 0 Å². The zero-order chi connectivity index (χ0) is 41.3. The van der Waals surface area contributed by atoms with E-state index in [0.717, 1.165) is 17.5 Å². The first-order chi connectivity index (χ1) is 26.2. The van der Waals surface area contributed by atoms with Gasteiger partial charge in [-0.3, -0.25) is 33.7 Å². The largest absolute Gasteiger partial charge is 0.346 e. The van der Waals surface area contributed by atoms with Crippen molar-refractivity contribution < 1.29 is 33.6 Å². The van der Waals surface area contributed by atoms with Gasteiger partial charge in [-0.05, 0) is 64.4 Å². The molecule has 0 aromatic heterocycles. The molecule has 4 aliphatic rings. The van der Waals surface area contributed by atoms with Gasteiger partial charge in [0, 0.05) is 32.5 Å². The smallest absolute Gasteiger partial charge is 0.315 e. The highest BCUT2D eigenvalue weighted by molar-refractivity contribution is 6.38. The summed E-state index contributed by atoms with van der Waals surface area (Å²) in [5.74, 6) is -3.46. The Labute approximate surface area is 331 Å². The van der Waals surface area contributed by atoms with Gasteiger partial charge in [-0.25, -0.2) is 4.79 Å².